The maximum atomic E-state index is 11.0. The van der Waals surface area contributed by atoms with Crippen LogP contribution in [0.2, 0.25) is 0 Å². The maximum absolute atomic E-state index is 11.0. The number of halogens is 2. The standard InChI is InChI=1S/C23H34N2O2S.2ClH/c1-19(2)27-22-6-4-21(5-7-22)24(3)14-10-23(26)11-15-25(16-12-23)13-8-20-9-17-28-18-20;;/h4-7,9,17-19,26H,8,10-16H2,1-3H3;2*1H. The molecule has 0 saturated carbocycles. The molecule has 1 fully saturated rings. The molecule has 3 rings (SSSR count). The Morgan fingerprint density at radius 3 is 2.37 bits per heavy atom. The molecule has 30 heavy (non-hydrogen) atoms. The van der Waals surface area contributed by atoms with E-state index >= 15 is 0 Å². The highest BCUT2D eigenvalue weighted by molar-refractivity contribution is 7.07. The number of anilines is 1. The van der Waals surface area contributed by atoms with Crippen LogP contribution in [0.1, 0.15) is 38.7 Å². The van der Waals surface area contributed by atoms with Gasteiger partial charge in [0.25, 0.3) is 0 Å². The number of ether oxygens (including phenoxy) is 1. The minimum atomic E-state index is -0.534. The van der Waals surface area contributed by atoms with E-state index in [4.69, 9.17) is 4.74 Å². The molecule has 1 N–H and O–H groups in total. The summed E-state index contributed by atoms with van der Waals surface area (Å²) >= 11 is 1.77. The summed E-state index contributed by atoms with van der Waals surface area (Å²) in [4.78, 5) is 4.71. The first-order valence-electron chi connectivity index (χ1n) is 10.4. The molecular weight excluding hydrogens is 439 g/mol. The highest BCUT2D eigenvalue weighted by Crippen LogP contribution is 2.27. The van der Waals surface area contributed by atoms with Crippen LogP contribution in [0, 0.1) is 0 Å². The Morgan fingerprint density at radius 2 is 1.80 bits per heavy atom. The van der Waals surface area contributed by atoms with Gasteiger partial charge in [0.1, 0.15) is 5.75 Å². The summed E-state index contributed by atoms with van der Waals surface area (Å²) in [5.41, 5.74) is 2.05. The lowest BCUT2D eigenvalue weighted by molar-refractivity contribution is -0.0254. The summed E-state index contributed by atoms with van der Waals surface area (Å²) in [5.74, 6) is 0.903. The molecule has 1 aliphatic rings. The molecule has 0 aliphatic carbocycles. The molecule has 0 spiro atoms. The van der Waals surface area contributed by atoms with Gasteiger partial charge in [-0.1, -0.05) is 0 Å². The third-order valence-corrected chi connectivity index (χ3v) is 6.38. The number of aliphatic hydroxyl groups is 1. The zero-order chi connectivity index (χ0) is 20.0. The Morgan fingerprint density at radius 1 is 1.13 bits per heavy atom. The first kappa shape index (κ1) is 27.1. The molecule has 1 aromatic carbocycles. The topological polar surface area (TPSA) is 35.9 Å². The maximum Gasteiger partial charge on any atom is 0.119 e. The first-order valence-corrected chi connectivity index (χ1v) is 11.3. The fraction of sp³-hybridized carbons (Fsp3) is 0.565. The number of likely N-dealkylation sites (tertiary alicyclic amines) is 1. The first-order chi connectivity index (χ1) is 13.4. The van der Waals surface area contributed by atoms with Gasteiger partial charge >= 0.3 is 0 Å². The second-order valence-electron chi connectivity index (χ2n) is 8.28. The highest BCUT2D eigenvalue weighted by Gasteiger charge is 2.32. The van der Waals surface area contributed by atoms with E-state index in [-0.39, 0.29) is 30.9 Å². The number of benzene rings is 1. The van der Waals surface area contributed by atoms with Crippen LogP contribution in [-0.2, 0) is 6.42 Å². The van der Waals surface area contributed by atoms with Crippen LogP contribution in [-0.4, -0.2) is 54.9 Å². The van der Waals surface area contributed by atoms with Gasteiger partial charge in [-0.15, -0.1) is 24.8 Å². The van der Waals surface area contributed by atoms with E-state index in [1.807, 2.05) is 26.0 Å². The Hall–Kier alpha value is -0.980. The van der Waals surface area contributed by atoms with Gasteiger partial charge in [-0.25, -0.2) is 0 Å². The van der Waals surface area contributed by atoms with Crippen molar-refractivity contribution in [2.75, 3.05) is 38.1 Å². The SMILES string of the molecule is CC(C)Oc1ccc(N(C)CCC2(O)CCN(CCc3ccsc3)CC2)cc1.Cl.Cl. The second-order valence-corrected chi connectivity index (χ2v) is 9.06. The minimum Gasteiger partial charge on any atom is -0.491 e. The van der Waals surface area contributed by atoms with Gasteiger partial charge in [-0.2, -0.15) is 11.3 Å². The van der Waals surface area contributed by atoms with E-state index in [0.717, 1.165) is 63.3 Å². The molecule has 1 aliphatic heterocycles. The molecule has 0 amide bonds. The lowest BCUT2D eigenvalue weighted by atomic mass is 9.88. The van der Waals surface area contributed by atoms with Crippen molar-refractivity contribution in [2.45, 2.75) is 51.2 Å². The number of piperidine rings is 1. The van der Waals surface area contributed by atoms with Crippen LogP contribution in [0.3, 0.4) is 0 Å². The molecule has 7 heteroatoms. The van der Waals surface area contributed by atoms with Crippen molar-refractivity contribution in [1.82, 2.24) is 4.90 Å². The lowest BCUT2D eigenvalue weighted by Gasteiger charge is -2.39. The van der Waals surface area contributed by atoms with Gasteiger partial charge in [0.15, 0.2) is 0 Å². The van der Waals surface area contributed by atoms with Crippen LogP contribution in [0.5, 0.6) is 5.75 Å². The molecule has 0 unspecified atom stereocenters. The molecule has 0 radical (unpaired) electrons. The zero-order valence-electron chi connectivity index (χ0n) is 18.3. The summed E-state index contributed by atoms with van der Waals surface area (Å²) in [5, 5.41) is 15.4. The van der Waals surface area contributed by atoms with Crippen LogP contribution >= 0.6 is 36.2 Å². The lowest BCUT2D eigenvalue weighted by Crippen LogP contribution is -2.46. The van der Waals surface area contributed by atoms with Crippen LogP contribution in [0.4, 0.5) is 5.69 Å². The number of rotatable bonds is 9. The normalized spacial score (nSPS) is 15.9. The van der Waals surface area contributed by atoms with E-state index in [2.05, 4.69) is 45.8 Å². The van der Waals surface area contributed by atoms with Gasteiger partial charge in [0.2, 0.25) is 0 Å². The Kier molecular flexibility index (Phi) is 11.5. The van der Waals surface area contributed by atoms with Gasteiger partial charge < -0.3 is 19.6 Å². The van der Waals surface area contributed by atoms with Crippen molar-refractivity contribution in [1.29, 1.82) is 0 Å². The fourth-order valence-electron chi connectivity index (χ4n) is 3.72. The van der Waals surface area contributed by atoms with E-state index in [0.29, 0.717) is 0 Å². The smallest absolute Gasteiger partial charge is 0.119 e. The van der Waals surface area contributed by atoms with Crippen molar-refractivity contribution in [3.63, 3.8) is 0 Å². The van der Waals surface area contributed by atoms with Crippen molar-refractivity contribution in [3.05, 3.63) is 46.7 Å². The van der Waals surface area contributed by atoms with Crippen molar-refractivity contribution < 1.29 is 9.84 Å². The van der Waals surface area contributed by atoms with Crippen molar-refractivity contribution in [3.8, 4) is 5.75 Å². The zero-order valence-corrected chi connectivity index (χ0v) is 20.7. The van der Waals surface area contributed by atoms with Crippen molar-refractivity contribution in [2.24, 2.45) is 0 Å². The molecule has 2 aromatic rings. The van der Waals surface area contributed by atoms with E-state index in [9.17, 15) is 5.11 Å². The Balaban J connectivity index is 0.00000225. The molecule has 1 saturated heterocycles. The molecule has 0 bridgehead atoms. The van der Waals surface area contributed by atoms with Crippen LogP contribution in [0.15, 0.2) is 41.1 Å². The third kappa shape index (κ3) is 8.27. The summed E-state index contributed by atoms with van der Waals surface area (Å²) in [6, 6.07) is 10.4. The fourth-order valence-corrected chi connectivity index (χ4v) is 4.42. The summed E-state index contributed by atoms with van der Waals surface area (Å²) in [7, 11) is 2.09. The molecule has 0 atom stereocenters. The van der Waals surface area contributed by atoms with Crippen LogP contribution < -0.4 is 9.64 Å². The van der Waals surface area contributed by atoms with E-state index in [1.54, 1.807) is 11.3 Å². The summed E-state index contributed by atoms with van der Waals surface area (Å²) in [6.45, 7) is 8.01. The van der Waals surface area contributed by atoms with Crippen LogP contribution in [0.25, 0.3) is 0 Å². The average molecular weight is 476 g/mol. The third-order valence-electron chi connectivity index (χ3n) is 5.65. The molecule has 4 nitrogen and oxygen atoms in total. The number of thiophene rings is 1. The Bertz CT molecular complexity index is 703. The average Bonchev–Trinajstić information content (AvgIpc) is 3.20. The number of hydrogen-bond acceptors (Lipinski definition) is 5. The predicted molar refractivity (Wildman–Crippen MR) is 133 cm³/mol. The van der Waals surface area contributed by atoms with E-state index < -0.39 is 5.60 Å². The molecule has 1 aromatic heterocycles. The van der Waals surface area contributed by atoms with Gasteiger partial charge in [0.05, 0.1) is 11.7 Å². The van der Waals surface area contributed by atoms with Gasteiger partial charge in [0, 0.05) is 38.9 Å². The number of nitrogens with zero attached hydrogens (tertiary/aromatic N) is 2. The highest BCUT2D eigenvalue weighted by atomic mass is 35.5. The quantitative estimate of drug-likeness (QED) is 0.536. The molecule has 2 heterocycles. The predicted octanol–water partition coefficient (Wildman–Crippen LogP) is 5.27. The van der Waals surface area contributed by atoms with E-state index in [1.165, 1.54) is 5.56 Å². The largest absolute Gasteiger partial charge is 0.491 e. The monoisotopic (exact) mass is 474 g/mol. The molecular formula is C23H36Cl2N2O2S. The van der Waals surface area contributed by atoms with Gasteiger partial charge in [-0.3, -0.25) is 0 Å². The summed E-state index contributed by atoms with van der Waals surface area (Å²) in [6.07, 6.45) is 3.85. The minimum absolute atomic E-state index is 0. The number of hydrogen-bond donors (Lipinski definition) is 1. The second kappa shape index (κ2) is 12.8. The molecule has 170 valence electrons. The van der Waals surface area contributed by atoms with Gasteiger partial charge in [-0.05, 0) is 86.2 Å². The summed E-state index contributed by atoms with van der Waals surface area (Å²) < 4.78 is 5.71. The Labute approximate surface area is 198 Å². The van der Waals surface area contributed by atoms with Crippen molar-refractivity contribution >= 4 is 41.8 Å².